The van der Waals surface area contributed by atoms with Crippen LogP contribution in [-0.4, -0.2) is 35.9 Å². The molecule has 0 spiro atoms. The highest BCUT2D eigenvalue weighted by molar-refractivity contribution is 7.16. The highest BCUT2D eigenvalue weighted by atomic mass is 32.1. The largest absolute Gasteiger partial charge is 0.378 e. The van der Waals surface area contributed by atoms with Gasteiger partial charge in [0.25, 0.3) is 0 Å². The number of aryl methyl sites for hydroxylation is 2. The number of morpholine rings is 1. The van der Waals surface area contributed by atoms with E-state index < -0.39 is 0 Å². The molecule has 1 aromatic carbocycles. The lowest BCUT2D eigenvalue weighted by molar-refractivity contribution is 0.122. The van der Waals surface area contributed by atoms with Crippen LogP contribution >= 0.6 is 11.3 Å². The number of aromatic nitrogens is 2. The summed E-state index contributed by atoms with van der Waals surface area (Å²) in [6, 6.07) is 12.8. The third-order valence-corrected chi connectivity index (χ3v) is 5.80. The van der Waals surface area contributed by atoms with Crippen LogP contribution in [0.25, 0.3) is 16.9 Å². The summed E-state index contributed by atoms with van der Waals surface area (Å²) in [4.78, 5) is 8.60. The van der Waals surface area contributed by atoms with E-state index in [0.717, 1.165) is 37.1 Å². The Kier molecular flexibility index (Phi) is 4.36. The van der Waals surface area contributed by atoms with Gasteiger partial charge < -0.3 is 14.2 Å². The molecule has 5 heteroatoms. The summed E-state index contributed by atoms with van der Waals surface area (Å²) in [5, 5.41) is 1.11. The summed E-state index contributed by atoms with van der Waals surface area (Å²) in [5.41, 5.74) is 6.02. The molecule has 1 aliphatic rings. The molecule has 1 saturated heterocycles. The predicted molar refractivity (Wildman–Crippen MR) is 104 cm³/mol. The number of para-hydroxylation sites is 1. The second kappa shape index (κ2) is 6.65. The lowest BCUT2D eigenvalue weighted by atomic mass is 10.1. The van der Waals surface area contributed by atoms with Gasteiger partial charge >= 0.3 is 0 Å². The van der Waals surface area contributed by atoms with Crippen molar-refractivity contribution in [2.24, 2.45) is 0 Å². The molecule has 0 radical (unpaired) electrons. The van der Waals surface area contributed by atoms with Crippen LogP contribution in [0.15, 0.2) is 36.4 Å². The van der Waals surface area contributed by atoms with E-state index in [9.17, 15) is 0 Å². The fourth-order valence-electron chi connectivity index (χ4n) is 3.50. The lowest BCUT2D eigenvalue weighted by Crippen LogP contribution is -2.36. The molecule has 1 fully saturated rings. The Morgan fingerprint density at radius 3 is 2.48 bits per heavy atom. The third-order valence-electron chi connectivity index (χ3n) is 4.77. The van der Waals surface area contributed by atoms with Crippen LogP contribution < -0.4 is 4.90 Å². The second-order valence-electron chi connectivity index (χ2n) is 6.46. The first-order chi connectivity index (χ1) is 12.1. The smallest absolute Gasteiger partial charge is 0.186 e. The molecule has 0 unspecified atom stereocenters. The minimum atomic E-state index is 0.788. The van der Waals surface area contributed by atoms with Gasteiger partial charge in [-0.1, -0.05) is 18.2 Å². The number of rotatable bonds is 3. The molecule has 130 valence electrons. The van der Waals surface area contributed by atoms with Crippen molar-refractivity contribution in [3.05, 3.63) is 52.7 Å². The SMILES string of the molecule is Cc1sc(N2CCOCC2)nc1-c1cc(C)n(-c2ccccc2)c1C. The summed E-state index contributed by atoms with van der Waals surface area (Å²) < 4.78 is 7.77. The Bertz CT molecular complexity index is 876. The topological polar surface area (TPSA) is 30.3 Å². The van der Waals surface area contributed by atoms with Crippen molar-refractivity contribution in [1.82, 2.24) is 9.55 Å². The van der Waals surface area contributed by atoms with Gasteiger partial charge in [0.15, 0.2) is 5.13 Å². The summed E-state index contributed by atoms with van der Waals surface area (Å²) in [5.74, 6) is 0. The molecular formula is C20H23N3OS. The van der Waals surface area contributed by atoms with E-state index in [4.69, 9.17) is 9.72 Å². The van der Waals surface area contributed by atoms with Crippen LogP contribution in [0, 0.1) is 20.8 Å². The first kappa shape index (κ1) is 16.4. The standard InChI is InChI=1S/C20H23N3OS/c1-14-13-18(15(2)23(14)17-7-5-4-6-8-17)19-16(3)25-20(21-19)22-9-11-24-12-10-22/h4-8,13H,9-12H2,1-3H3. The van der Waals surface area contributed by atoms with E-state index in [1.807, 2.05) is 0 Å². The Balaban J connectivity index is 1.74. The van der Waals surface area contributed by atoms with Crippen LogP contribution in [0.5, 0.6) is 0 Å². The quantitative estimate of drug-likeness (QED) is 0.701. The van der Waals surface area contributed by atoms with Gasteiger partial charge in [-0.05, 0) is 39.0 Å². The molecule has 4 rings (SSSR count). The Morgan fingerprint density at radius 2 is 1.76 bits per heavy atom. The van der Waals surface area contributed by atoms with Gasteiger partial charge in [-0.3, -0.25) is 0 Å². The molecule has 0 saturated carbocycles. The van der Waals surface area contributed by atoms with Crippen molar-refractivity contribution in [2.75, 3.05) is 31.2 Å². The molecule has 0 N–H and O–H groups in total. The molecule has 1 aliphatic heterocycles. The molecule has 0 amide bonds. The van der Waals surface area contributed by atoms with Crippen LogP contribution in [0.4, 0.5) is 5.13 Å². The molecule has 25 heavy (non-hydrogen) atoms. The van der Waals surface area contributed by atoms with Crippen molar-refractivity contribution in [1.29, 1.82) is 0 Å². The number of nitrogens with zero attached hydrogens (tertiary/aromatic N) is 3. The maximum Gasteiger partial charge on any atom is 0.186 e. The second-order valence-corrected chi connectivity index (χ2v) is 7.64. The lowest BCUT2D eigenvalue weighted by Gasteiger charge is -2.26. The number of anilines is 1. The summed E-state index contributed by atoms with van der Waals surface area (Å²) in [7, 11) is 0. The number of ether oxygens (including phenoxy) is 1. The fourth-order valence-corrected chi connectivity index (χ4v) is 4.47. The zero-order valence-electron chi connectivity index (χ0n) is 15.0. The summed E-state index contributed by atoms with van der Waals surface area (Å²) >= 11 is 1.79. The van der Waals surface area contributed by atoms with Crippen LogP contribution in [0.2, 0.25) is 0 Å². The highest BCUT2D eigenvalue weighted by Gasteiger charge is 2.20. The van der Waals surface area contributed by atoms with E-state index in [2.05, 4.69) is 66.6 Å². The number of hydrogen-bond donors (Lipinski definition) is 0. The van der Waals surface area contributed by atoms with Crippen molar-refractivity contribution in [3.63, 3.8) is 0 Å². The molecule has 4 nitrogen and oxygen atoms in total. The minimum absolute atomic E-state index is 0.788. The number of benzene rings is 1. The van der Waals surface area contributed by atoms with Gasteiger partial charge in [0, 0.05) is 40.6 Å². The van der Waals surface area contributed by atoms with E-state index in [1.165, 1.54) is 27.5 Å². The number of hydrogen-bond acceptors (Lipinski definition) is 4. The van der Waals surface area contributed by atoms with Gasteiger partial charge in [-0.2, -0.15) is 0 Å². The molecule has 0 bridgehead atoms. The van der Waals surface area contributed by atoms with Gasteiger partial charge in [-0.25, -0.2) is 4.98 Å². The summed E-state index contributed by atoms with van der Waals surface area (Å²) in [6.07, 6.45) is 0. The van der Waals surface area contributed by atoms with Crippen LogP contribution in [-0.2, 0) is 4.74 Å². The normalized spacial score (nSPS) is 14.9. The van der Waals surface area contributed by atoms with Gasteiger partial charge in [0.1, 0.15) is 0 Å². The van der Waals surface area contributed by atoms with E-state index >= 15 is 0 Å². The van der Waals surface area contributed by atoms with E-state index in [1.54, 1.807) is 11.3 Å². The molecule has 0 aliphatic carbocycles. The van der Waals surface area contributed by atoms with Crippen molar-refractivity contribution in [2.45, 2.75) is 20.8 Å². The maximum atomic E-state index is 5.46. The molecule has 3 aromatic rings. The first-order valence-corrected chi connectivity index (χ1v) is 9.51. The zero-order valence-corrected chi connectivity index (χ0v) is 15.8. The zero-order chi connectivity index (χ0) is 17.4. The molecule has 2 aromatic heterocycles. The molecule has 3 heterocycles. The highest BCUT2D eigenvalue weighted by Crippen LogP contribution is 2.36. The number of thiazole rings is 1. The van der Waals surface area contributed by atoms with Crippen molar-refractivity contribution < 1.29 is 4.74 Å². The maximum absolute atomic E-state index is 5.46. The Hall–Kier alpha value is -2.11. The van der Waals surface area contributed by atoms with Crippen molar-refractivity contribution >= 4 is 16.5 Å². The predicted octanol–water partition coefficient (Wildman–Crippen LogP) is 4.36. The molecule has 0 atom stereocenters. The Labute approximate surface area is 152 Å². The summed E-state index contributed by atoms with van der Waals surface area (Å²) in [6.45, 7) is 9.94. The van der Waals surface area contributed by atoms with Gasteiger partial charge in [0.05, 0.1) is 18.9 Å². The van der Waals surface area contributed by atoms with Gasteiger partial charge in [0.2, 0.25) is 0 Å². The van der Waals surface area contributed by atoms with E-state index in [-0.39, 0.29) is 0 Å². The van der Waals surface area contributed by atoms with Crippen molar-refractivity contribution in [3.8, 4) is 16.9 Å². The monoisotopic (exact) mass is 353 g/mol. The average molecular weight is 353 g/mol. The third kappa shape index (κ3) is 2.98. The minimum Gasteiger partial charge on any atom is -0.378 e. The fraction of sp³-hybridized carbons (Fsp3) is 0.350. The average Bonchev–Trinajstić information content (AvgIpc) is 3.16. The molecular weight excluding hydrogens is 330 g/mol. The van der Waals surface area contributed by atoms with Crippen LogP contribution in [0.1, 0.15) is 16.3 Å². The Morgan fingerprint density at radius 1 is 1.04 bits per heavy atom. The van der Waals surface area contributed by atoms with E-state index in [0.29, 0.717) is 0 Å². The van der Waals surface area contributed by atoms with Gasteiger partial charge in [-0.15, -0.1) is 11.3 Å². The first-order valence-electron chi connectivity index (χ1n) is 8.70. The van der Waals surface area contributed by atoms with Crippen LogP contribution in [0.3, 0.4) is 0 Å².